The van der Waals surface area contributed by atoms with Crippen LogP contribution in [0.4, 0.5) is 34.1 Å². The number of anilines is 6. The molecule has 12 aromatic rings. The van der Waals surface area contributed by atoms with Crippen LogP contribution >= 0.6 is 0 Å². The summed E-state index contributed by atoms with van der Waals surface area (Å²) in [6.45, 7) is 0. The molecule has 70 heavy (non-hydrogen) atoms. The number of benzene rings is 11. The smallest absolute Gasteiger partial charge is 0.0756 e. The van der Waals surface area contributed by atoms with E-state index in [0.29, 0.717) is 0 Å². The van der Waals surface area contributed by atoms with Gasteiger partial charge in [0.2, 0.25) is 0 Å². The first kappa shape index (κ1) is 39.9. The quantitative estimate of drug-likeness (QED) is 0.151. The molecule has 0 atom stereocenters. The summed E-state index contributed by atoms with van der Waals surface area (Å²) in [4.78, 5) is 4.93. The predicted octanol–water partition coefficient (Wildman–Crippen LogP) is 17.7. The second kappa shape index (κ2) is 16.0. The van der Waals surface area contributed by atoms with Crippen molar-refractivity contribution >= 4 is 55.9 Å². The lowest BCUT2D eigenvalue weighted by molar-refractivity contribution is 0.748. The van der Waals surface area contributed by atoms with Crippen molar-refractivity contribution in [2.24, 2.45) is 0 Å². The average Bonchev–Trinajstić information content (AvgIpc) is 3.93. The van der Waals surface area contributed by atoms with E-state index in [2.05, 4.69) is 287 Å². The molecule has 328 valence electrons. The molecule has 1 spiro atoms. The van der Waals surface area contributed by atoms with Crippen molar-refractivity contribution in [2.45, 2.75) is 5.41 Å². The average molecular weight is 892 g/mol. The third-order valence-corrected chi connectivity index (χ3v) is 14.7. The fourth-order valence-corrected chi connectivity index (χ4v) is 11.9. The maximum absolute atomic E-state index is 2.56. The summed E-state index contributed by atoms with van der Waals surface area (Å²) in [6.07, 6.45) is 0. The number of fused-ring (bicyclic) bond motifs is 12. The molecule has 1 aliphatic heterocycles. The summed E-state index contributed by atoms with van der Waals surface area (Å²) in [7, 11) is 0. The van der Waals surface area contributed by atoms with Crippen molar-refractivity contribution in [2.75, 3.05) is 9.80 Å². The summed E-state index contributed by atoms with van der Waals surface area (Å²) in [5.41, 5.74) is 21.8. The van der Waals surface area contributed by atoms with Gasteiger partial charge in [-0.2, -0.15) is 0 Å². The van der Waals surface area contributed by atoms with Gasteiger partial charge in [0, 0.05) is 44.6 Å². The minimum atomic E-state index is -0.709. The van der Waals surface area contributed by atoms with E-state index in [1.165, 1.54) is 83.1 Å². The number of aromatic nitrogens is 1. The Morgan fingerprint density at radius 3 is 1.30 bits per heavy atom. The van der Waals surface area contributed by atoms with Crippen molar-refractivity contribution in [3.05, 3.63) is 295 Å². The van der Waals surface area contributed by atoms with Gasteiger partial charge in [0.05, 0.1) is 33.5 Å². The predicted molar refractivity (Wildman–Crippen MR) is 292 cm³/mol. The minimum Gasteiger partial charge on any atom is -0.310 e. The first-order valence-electron chi connectivity index (χ1n) is 24.2. The van der Waals surface area contributed by atoms with Gasteiger partial charge in [0.25, 0.3) is 0 Å². The normalized spacial score (nSPS) is 12.7. The molecule has 1 aromatic heterocycles. The van der Waals surface area contributed by atoms with Gasteiger partial charge in [-0.3, -0.25) is 0 Å². The highest BCUT2D eigenvalue weighted by Crippen LogP contribution is 2.63. The minimum absolute atomic E-state index is 0.709. The molecule has 11 aromatic carbocycles. The second-order valence-electron chi connectivity index (χ2n) is 18.4. The van der Waals surface area contributed by atoms with Gasteiger partial charge in [0.1, 0.15) is 0 Å². The highest BCUT2D eigenvalue weighted by Gasteiger charge is 2.51. The largest absolute Gasteiger partial charge is 0.310 e. The zero-order valence-corrected chi connectivity index (χ0v) is 38.3. The molecule has 0 unspecified atom stereocenters. The molecule has 0 fully saturated rings. The molecule has 0 amide bonds. The van der Waals surface area contributed by atoms with Crippen LogP contribution in [0.15, 0.2) is 273 Å². The molecule has 3 heteroatoms. The number of rotatable bonds is 8. The van der Waals surface area contributed by atoms with Crippen LogP contribution in [0.5, 0.6) is 0 Å². The fraction of sp³-hybridized carbons (Fsp3) is 0.0149. The first-order chi connectivity index (χ1) is 34.8. The maximum atomic E-state index is 2.56. The van der Waals surface area contributed by atoms with Gasteiger partial charge in [0.15, 0.2) is 0 Å². The van der Waals surface area contributed by atoms with Crippen molar-refractivity contribution in [1.82, 2.24) is 4.57 Å². The fourth-order valence-electron chi connectivity index (χ4n) is 11.9. The van der Waals surface area contributed by atoms with Crippen molar-refractivity contribution in [3.63, 3.8) is 0 Å². The number of para-hydroxylation sites is 5. The van der Waals surface area contributed by atoms with E-state index >= 15 is 0 Å². The lowest BCUT2D eigenvalue weighted by Gasteiger charge is -2.41. The van der Waals surface area contributed by atoms with Crippen LogP contribution in [0, 0.1) is 0 Å². The van der Waals surface area contributed by atoms with E-state index in [4.69, 9.17) is 0 Å². The molecular formula is C67H45N3. The Kier molecular flexibility index (Phi) is 9.11. The summed E-state index contributed by atoms with van der Waals surface area (Å²) < 4.78 is 2.56. The molecule has 2 aliphatic rings. The van der Waals surface area contributed by atoms with Crippen LogP contribution < -0.4 is 9.80 Å². The third kappa shape index (κ3) is 5.88. The molecule has 0 bridgehead atoms. The lowest BCUT2D eigenvalue weighted by atomic mass is 9.65. The summed E-state index contributed by atoms with van der Waals surface area (Å²) in [5, 5.41) is 2.44. The molecule has 3 nitrogen and oxygen atoms in total. The van der Waals surface area contributed by atoms with Crippen molar-refractivity contribution in [3.8, 4) is 39.1 Å². The van der Waals surface area contributed by atoms with Crippen LogP contribution in [0.3, 0.4) is 0 Å². The van der Waals surface area contributed by atoms with Crippen LogP contribution in [-0.4, -0.2) is 4.57 Å². The molecule has 0 saturated heterocycles. The van der Waals surface area contributed by atoms with Crippen LogP contribution in [-0.2, 0) is 5.41 Å². The number of hydrogen-bond donors (Lipinski definition) is 0. The van der Waals surface area contributed by atoms with Gasteiger partial charge in [-0.05, 0) is 117 Å². The van der Waals surface area contributed by atoms with Gasteiger partial charge >= 0.3 is 0 Å². The third-order valence-electron chi connectivity index (χ3n) is 14.7. The summed E-state index contributed by atoms with van der Waals surface area (Å²) >= 11 is 0. The van der Waals surface area contributed by atoms with Crippen LogP contribution in [0.2, 0.25) is 0 Å². The van der Waals surface area contributed by atoms with Gasteiger partial charge in [-0.25, -0.2) is 0 Å². The molecule has 0 N–H and O–H groups in total. The van der Waals surface area contributed by atoms with E-state index in [0.717, 1.165) is 34.1 Å². The topological polar surface area (TPSA) is 11.4 Å². The van der Waals surface area contributed by atoms with Crippen LogP contribution in [0.25, 0.3) is 60.9 Å². The number of nitrogens with zero attached hydrogens (tertiary/aromatic N) is 3. The number of hydrogen-bond acceptors (Lipinski definition) is 2. The van der Waals surface area contributed by atoms with E-state index in [9.17, 15) is 0 Å². The Labute approximate surface area is 408 Å². The molecule has 0 saturated carbocycles. The molecule has 0 radical (unpaired) electrons. The Bertz CT molecular complexity index is 3900. The maximum Gasteiger partial charge on any atom is 0.0756 e. The SMILES string of the molecule is c1ccc(-c2ccccc2N(c2ccccc2)c2ccc3c(c2)C2(c4ccccc4-c4ccccc42)c2cc(N(c4ccccc4)c4ccccc4-c4ccccc4)cc4c5ccccc5n-3c24)cc1. The van der Waals surface area contributed by atoms with E-state index < -0.39 is 5.41 Å². The van der Waals surface area contributed by atoms with Crippen LogP contribution in [0.1, 0.15) is 22.3 Å². The first-order valence-corrected chi connectivity index (χ1v) is 24.2. The Hall–Kier alpha value is -9.18. The molecule has 14 rings (SSSR count). The van der Waals surface area contributed by atoms with E-state index in [1.807, 2.05) is 0 Å². The van der Waals surface area contributed by atoms with Gasteiger partial charge in [-0.1, -0.05) is 200 Å². The standard InChI is InChI=1S/C67H45N3/c1-5-23-46(24-6-1)52-31-15-20-38-62(52)68(48-27-9-3-10-28-48)50-41-42-65-60(44-50)67(58-36-18-13-33-54(58)55-34-14-19-37-59(55)67)61-45-51(43-57-56-35-17-22-40-64(56)70(65)66(57)61)69(49-29-11-4-12-30-49)63-39-21-16-32-53(63)47-25-7-2-8-26-47/h1-45H. The Balaban J connectivity index is 1.12. The highest BCUT2D eigenvalue weighted by atomic mass is 15.2. The highest BCUT2D eigenvalue weighted by molar-refractivity contribution is 6.14. The van der Waals surface area contributed by atoms with Gasteiger partial charge in [-0.15, -0.1) is 0 Å². The zero-order valence-electron chi connectivity index (χ0n) is 38.3. The zero-order chi connectivity index (χ0) is 46.2. The monoisotopic (exact) mass is 891 g/mol. The van der Waals surface area contributed by atoms with E-state index in [-0.39, 0.29) is 0 Å². The second-order valence-corrected chi connectivity index (χ2v) is 18.4. The molecule has 1 aliphatic carbocycles. The Morgan fingerprint density at radius 1 is 0.286 bits per heavy atom. The summed E-state index contributed by atoms with van der Waals surface area (Å²) in [6, 6.07) is 101. The molecule has 2 heterocycles. The van der Waals surface area contributed by atoms with Gasteiger partial charge < -0.3 is 14.4 Å². The summed E-state index contributed by atoms with van der Waals surface area (Å²) in [5.74, 6) is 0. The molecular weight excluding hydrogens is 847 g/mol. The van der Waals surface area contributed by atoms with Crippen molar-refractivity contribution < 1.29 is 0 Å². The Morgan fingerprint density at radius 2 is 0.729 bits per heavy atom. The van der Waals surface area contributed by atoms with E-state index in [1.54, 1.807) is 0 Å². The van der Waals surface area contributed by atoms with Crippen molar-refractivity contribution in [1.29, 1.82) is 0 Å². The lowest BCUT2D eigenvalue weighted by Crippen LogP contribution is -2.34.